The summed E-state index contributed by atoms with van der Waals surface area (Å²) in [4.78, 5) is -1.00. The molecule has 0 amide bonds. The minimum absolute atomic E-state index is 0.0436. The second-order valence-electron chi connectivity index (χ2n) is 5.97. The lowest BCUT2D eigenvalue weighted by Crippen LogP contribution is -2.05. The summed E-state index contributed by atoms with van der Waals surface area (Å²) in [6.07, 6.45) is 0.722. The molecule has 0 aliphatic carbocycles. The van der Waals surface area contributed by atoms with Crippen molar-refractivity contribution in [3.05, 3.63) is 59.1 Å². The first-order valence-corrected chi connectivity index (χ1v) is 9.41. The van der Waals surface area contributed by atoms with E-state index in [-0.39, 0.29) is 22.6 Å². The van der Waals surface area contributed by atoms with Crippen LogP contribution in [-0.2, 0) is 9.84 Å². The van der Waals surface area contributed by atoms with Gasteiger partial charge in [-0.2, -0.15) is 0 Å². The zero-order valence-electron chi connectivity index (χ0n) is 14.1. The molecule has 2 aromatic carbocycles. The van der Waals surface area contributed by atoms with Crippen LogP contribution in [0, 0.1) is 31.3 Å². The van der Waals surface area contributed by atoms with E-state index in [4.69, 9.17) is 4.52 Å². The van der Waals surface area contributed by atoms with E-state index in [1.807, 2.05) is 0 Å². The van der Waals surface area contributed by atoms with Crippen molar-refractivity contribution >= 4 is 9.84 Å². The van der Waals surface area contributed by atoms with E-state index in [1.54, 1.807) is 19.1 Å². The average molecular weight is 381 g/mol. The van der Waals surface area contributed by atoms with Crippen molar-refractivity contribution in [2.75, 3.05) is 6.26 Å². The molecule has 3 aromatic rings. The zero-order chi connectivity index (χ0) is 19.2. The van der Waals surface area contributed by atoms with Gasteiger partial charge in [-0.1, -0.05) is 17.3 Å². The standard InChI is InChI=1S/C18H14F3NO3S/c1-9-4-5-11(6-13(9)19)17-16(10(2)25-22-17)12-7-14(20)18(15(21)8-12)26(3,23)24/h4-8H,1-3H3. The van der Waals surface area contributed by atoms with Crippen LogP contribution in [0.1, 0.15) is 11.3 Å². The molecule has 0 aliphatic rings. The van der Waals surface area contributed by atoms with Crippen LogP contribution in [0.15, 0.2) is 39.8 Å². The fourth-order valence-electron chi connectivity index (χ4n) is 2.71. The van der Waals surface area contributed by atoms with Gasteiger partial charge >= 0.3 is 0 Å². The highest BCUT2D eigenvalue weighted by molar-refractivity contribution is 7.90. The van der Waals surface area contributed by atoms with Gasteiger partial charge in [0, 0.05) is 11.8 Å². The van der Waals surface area contributed by atoms with E-state index < -0.39 is 32.2 Å². The van der Waals surface area contributed by atoms with Crippen LogP contribution in [0.5, 0.6) is 0 Å². The summed E-state index contributed by atoms with van der Waals surface area (Å²) in [7, 11) is -4.07. The minimum Gasteiger partial charge on any atom is -0.360 e. The van der Waals surface area contributed by atoms with E-state index in [0.717, 1.165) is 18.4 Å². The van der Waals surface area contributed by atoms with Crippen LogP contribution in [0.4, 0.5) is 13.2 Å². The van der Waals surface area contributed by atoms with Crippen LogP contribution in [0.2, 0.25) is 0 Å². The Morgan fingerprint density at radius 2 is 1.50 bits per heavy atom. The molecule has 0 radical (unpaired) electrons. The lowest BCUT2D eigenvalue weighted by molar-refractivity contribution is 0.400. The van der Waals surface area contributed by atoms with Gasteiger partial charge in [-0.15, -0.1) is 0 Å². The number of hydrogen-bond acceptors (Lipinski definition) is 4. The fourth-order valence-corrected chi connectivity index (χ4v) is 3.53. The van der Waals surface area contributed by atoms with Gasteiger partial charge in [-0.25, -0.2) is 21.6 Å². The Bertz CT molecular complexity index is 1100. The fraction of sp³-hybridized carbons (Fsp3) is 0.167. The maximum absolute atomic E-state index is 14.3. The summed E-state index contributed by atoms with van der Waals surface area (Å²) < 4.78 is 70.6. The molecule has 136 valence electrons. The molecule has 3 rings (SSSR count). The Morgan fingerprint density at radius 1 is 0.923 bits per heavy atom. The molecular weight excluding hydrogens is 367 g/mol. The number of aromatic nitrogens is 1. The number of rotatable bonds is 3. The smallest absolute Gasteiger partial charge is 0.181 e. The zero-order valence-corrected chi connectivity index (χ0v) is 14.9. The van der Waals surface area contributed by atoms with Gasteiger partial charge in [0.25, 0.3) is 0 Å². The summed E-state index contributed by atoms with van der Waals surface area (Å²) in [5.74, 6) is -2.64. The van der Waals surface area contributed by atoms with Crippen LogP contribution < -0.4 is 0 Å². The normalized spacial score (nSPS) is 11.8. The van der Waals surface area contributed by atoms with Crippen LogP contribution >= 0.6 is 0 Å². The monoisotopic (exact) mass is 381 g/mol. The highest BCUT2D eigenvalue weighted by atomic mass is 32.2. The third-order valence-corrected chi connectivity index (χ3v) is 5.10. The Morgan fingerprint density at radius 3 is 2.04 bits per heavy atom. The highest BCUT2D eigenvalue weighted by Crippen LogP contribution is 2.36. The number of nitrogens with zero attached hydrogens (tertiary/aromatic N) is 1. The van der Waals surface area contributed by atoms with E-state index >= 15 is 0 Å². The summed E-state index contributed by atoms with van der Waals surface area (Å²) >= 11 is 0. The van der Waals surface area contributed by atoms with Crippen molar-refractivity contribution in [1.29, 1.82) is 0 Å². The molecule has 1 heterocycles. The van der Waals surface area contributed by atoms with Gasteiger partial charge in [0.2, 0.25) is 0 Å². The van der Waals surface area contributed by atoms with Crippen LogP contribution in [0.25, 0.3) is 22.4 Å². The molecule has 0 unspecified atom stereocenters. The second kappa shape index (κ2) is 6.28. The van der Waals surface area contributed by atoms with Crippen molar-refractivity contribution in [2.24, 2.45) is 0 Å². The van der Waals surface area contributed by atoms with Crippen LogP contribution in [-0.4, -0.2) is 19.8 Å². The van der Waals surface area contributed by atoms with E-state index in [9.17, 15) is 21.6 Å². The van der Waals surface area contributed by atoms with Crippen molar-refractivity contribution < 1.29 is 26.1 Å². The van der Waals surface area contributed by atoms with E-state index in [0.29, 0.717) is 11.1 Å². The predicted molar refractivity (Wildman–Crippen MR) is 89.8 cm³/mol. The van der Waals surface area contributed by atoms with Crippen molar-refractivity contribution in [2.45, 2.75) is 18.7 Å². The second-order valence-corrected chi connectivity index (χ2v) is 7.92. The number of sulfone groups is 1. The molecular formula is C18H14F3NO3S. The molecule has 0 bridgehead atoms. The Balaban J connectivity index is 2.23. The summed E-state index contributed by atoms with van der Waals surface area (Å²) in [5, 5.41) is 3.86. The van der Waals surface area contributed by atoms with E-state index in [1.165, 1.54) is 13.0 Å². The van der Waals surface area contributed by atoms with Gasteiger partial charge in [-0.3, -0.25) is 0 Å². The number of benzene rings is 2. The molecule has 8 heteroatoms. The third-order valence-electron chi connectivity index (χ3n) is 3.97. The van der Waals surface area contributed by atoms with Crippen LogP contribution in [0.3, 0.4) is 0 Å². The van der Waals surface area contributed by atoms with Gasteiger partial charge in [0.05, 0.1) is 5.56 Å². The lowest BCUT2D eigenvalue weighted by atomic mass is 9.98. The molecule has 0 saturated carbocycles. The maximum atomic E-state index is 14.3. The molecule has 0 atom stereocenters. The summed E-state index contributed by atoms with van der Waals surface area (Å²) in [6, 6.07) is 6.19. The van der Waals surface area contributed by atoms with Gasteiger partial charge in [-0.05, 0) is 43.2 Å². The quantitative estimate of drug-likeness (QED) is 0.673. The highest BCUT2D eigenvalue weighted by Gasteiger charge is 2.24. The van der Waals surface area contributed by atoms with Crippen molar-refractivity contribution in [3.8, 4) is 22.4 Å². The molecule has 26 heavy (non-hydrogen) atoms. The predicted octanol–water partition coefficient (Wildman–Crippen LogP) is 4.45. The first-order chi connectivity index (χ1) is 12.1. The minimum atomic E-state index is -4.07. The van der Waals surface area contributed by atoms with Gasteiger partial charge < -0.3 is 4.52 Å². The molecule has 4 nitrogen and oxygen atoms in total. The summed E-state index contributed by atoms with van der Waals surface area (Å²) in [6.45, 7) is 3.14. The summed E-state index contributed by atoms with van der Waals surface area (Å²) in [5.41, 5.74) is 1.30. The average Bonchev–Trinajstić information content (AvgIpc) is 2.89. The molecule has 0 spiro atoms. The number of aryl methyl sites for hydroxylation is 2. The molecule has 0 N–H and O–H groups in total. The first-order valence-electron chi connectivity index (χ1n) is 7.52. The SMILES string of the molecule is Cc1ccc(-c2noc(C)c2-c2cc(F)c(S(C)(=O)=O)c(F)c2)cc1F. The Hall–Kier alpha value is -2.61. The van der Waals surface area contributed by atoms with E-state index in [2.05, 4.69) is 5.16 Å². The molecule has 0 aliphatic heterocycles. The van der Waals surface area contributed by atoms with Gasteiger partial charge in [0.15, 0.2) is 9.84 Å². The van der Waals surface area contributed by atoms with Crippen molar-refractivity contribution in [1.82, 2.24) is 5.16 Å². The third kappa shape index (κ3) is 3.12. The number of halogens is 3. The lowest BCUT2D eigenvalue weighted by Gasteiger charge is -2.08. The molecule has 0 fully saturated rings. The largest absolute Gasteiger partial charge is 0.360 e. The Kier molecular flexibility index (Phi) is 4.39. The van der Waals surface area contributed by atoms with Crippen molar-refractivity contribution in [3.63, 3.8) is 0 Å². The molecule has 1 aromatic heterocycles. The van der Waals surface area contributed by atoms with Gasteiger partial charge in [0.1, 0.15) is 33.8 Å². The number of hydrogen-bond donors (Lipinski definition) is 0. The Labute approximate surface area is 148 Å². The first kappa shape index (κ1) is 18.2. The topological polar surface area (TPSA) is 60.2 Å². The molecule has 0 saturated heterocycles. The maximum Gasteiger partial charge on any atom is 0.181 e.